The third kappa shape index (κ3) is 5.21. The van der Waals surface area contributed by atoms with Gasteiger partial charge in [-0.3, -0.25) is 4.79 Å². The largest absolute Gasteiger partial charge is 0.388 e. The second-order valence-electron chi connectivity index (χ2n) is 4.92. The van der Waals surface area contributed by atoms with E-state index < -0.39 is 5.60 Å². The molecule has 1 saturated carbocycles. The number of nitrogens with one attached hydrogen (secondary N) is 1. The van der Waals surface area contributed by atoms with Crippen LogP contribution in [0.15, 0.2) is 0 Å². The molecule has 1 aliphatic rings. The van der Waals surface area contributed by atoms with E-state index in [0.717, 1.165) is 25.7 Å². The Balaban J connectivity index is 2.19. The number of rotatable bonds is 5. The molecule has 1 aliphatic carbocycles. The zero-order chi connectivity index (χ0) is 12.0. The smallest absolute Gasteiger partial charge is 0.230 e. The summed E-state index contributed by atoms with van der Waals surface area (Å²) in [7, 11) is 0. The van der Waals surface area contributed by atoms with Crippen molar-refractivity contribution >= 4 is 17.7 Å². The molecule has 2 N–H and O–H groups in total. The van der Waals surface area contributed by atoms with Crippen LogP contribution in [0.3, 0.4) is 0 Å². The Bertz CT molecular complexity index is 225. The van der Waals surface area contributed by atoms with Gasteiger partial charge in [0.15, 0.2) is 0 Å². The number of aliphatic hydroxyl groups is 1. The minimum atomic E-state index is -0.642. The fourth-order valence-electron chi connectivity index (χ4n) is 1.94. The van der Waals surface area contributed by atoms with Crippen LogP contribution in [-0.2, 0) is 4.79 Å². The summed E-state index contributed by atoms with van der Waals surface area (Å²) in [5, 5.41) is 13.5. The van der Waals surface area contributed by atoms with Crippen molar-refractivity contribution in [1.82, 2.24) is 5.32 Å². The highest BCUT2D eigenvalue weighted by molar-refractivity contribution is 8.00. The molecule has 0 saturated heterocycles. The molecule has 16 heavy (non-hydrogen) atoms. The SMILES string of the molecule is CC(C)SCC(=O)NCC1(O)CCCCC1. The number of hydrogen-bond acceptors (Lipinski definition) is 3. The van der Waals surface area contributed by atoms with Crippen LogP contribution in [0, 0.1) is 0 Å². The van der Waals surface area contributed by atoms with Crippen LogP contribution < -0.4 is 5.32 Å². The molecule has 0 bridgehead atoms. The summed E-state index contributed by atoms with van der Waals surface area (Å²) in [5.74, 6) is 0.533. The van der Waals surface area contributed by atoms with Gasteiger partial charge in [-0.2, -0.15) is 0 Å². The number of amides is 1. The van der Waals surface area contributed by atoms with E-state index in [2.05, 4.69) is 19.2 Å². The molecule has 0 aromatic rings. The quantitative estimate of drug-likeness (QED) is 0.778. The molecule has 3 nitrogen and oxygen atoms in total. The van der Waals surface area contributed by atoms with Gasteiger partial charge >= 0.3 is 0 Å². The Morgan fingerprint density at radius 2 is 2.00 bits per heavy atom. The van der Waals surface area contributed by atoms with Crippen LogP contribution in [-0.4, -0.2) is 34.2 Å². The first kappa shape index (κ1) is 13.8. The Labute approximate surface area is 102 Å². The van der Waals surface area contributed by atoms with Crippen LogP contribution in [0.5, 0.6) is 0 Å². The van der Waals surface area contributed by atoms with Crippen molar-refractivity contribution in [3.8, 4) is 0 Å². The molecule has 0 radical (unpaired) electrons. The molecule has 0 aromatic heterocycles. The van der Waals surface area contributed by atoms with Gasteiger partial charge in [-0.05, 0) is 18.1 Å². The van der Waals surface area contributed by atoms with E-state index in [-0.39, 0.29) is 5.91 Å². The average molecular weight is 245 g/mol. The van der Waals surface area contributed by atoms with Crippen LogP contribution in [0.2, 0.25) is 0 Å². The predicted molar refractivity (Wildman–Crippen MR) is 68.6 cm³/mol. The van der Waals surface area contributed by atoms with Crippen molar-refractivity contribution in [2.75, 3.05) is 12.3 Å². The summed E-state index contributed by atoms with van der Waals surface area (Å²) in [6.07, 6.45) is 5.01. The molecule has 0 heterocycles. The van der Waals surface area contributed by atoms with E-state index >= 15 is 0 Å². The van der Waals surface area contributed by atoms with Crippen LogP contribution in [0.4, 0.5) is 0 Å². The first-order chi connectivity index (χ1) is 7.52. The van der Waals surface area contributed by atoms with Gasteiger partial charge in [-0.15, -0.1) is 11.8 Å². The Hall–Kier alpha value is -0.220. The lowest BCUT2D eigenvalue weighted by molar-refractivity contribution is -0.120. The highest BCUT2D eigenvalue weighted by atomic mass is 32.2. The minimum absolute atomic E-state index is 0.0395. The maximum atomic E-state index is 11.5. The van der Waals surface area contributed by atoms with Crippen LogP contribution in [0.25, 0.3) is 0 Å². The topological polar surface area (TPSA) is 49.3 Å². The second-order valence-corrected chi connectivity index (χ2v) is 6.49. The molecular weight excluding hydrogens is 222 g/mol. The molecule has 0 aliphatic heterocycles. The normalized spacial score (nSPS) is 19.8. The third-order valence-corrected chi connectivity index (χ3v) is 4.04. The summed E-state index contributed by atoms with van der Waals surface area (Å²) in [6.45, 7) is 4.57. The van der Waals surface area contributed by atoms with E-state index in [1.54, 1.807) is 11.8 Å². The monoisotopic (exact) mass is 245 g/mol. The number of hydrogen-bond donors (Lipinski definition) is 2. The molecule has 4 heteroatoms. The molecular formula is C12H23NO2S. The van der Waals surface area contributed by atoms with Crippen molar-refractivity contribution in [2.45, 2.75) is 56.8 Å². The van der Waals surface area contributed by atoms with Crippen LogP contribution in [0.1, 0.15) is 46.0 Å². The third-order valence-electron chi connectivity index (χ3n) is 2.95. The van der Waals surface area contributed by atoms with Crippen molar-refractivity contribution in [2.24, 2.45) is 0 Å². The van der Waals surface area contributed by atoms with Gasteiger partial charge in [0.05, 0.1) is 11.4 Å². The van der Waals surface area contributed by atoms with E-state index in [9.17, 15) is 9.90 Å². The molecule has 94 valence electrons. The van der Waals surface area contributed by atoms with Gasteiger partial charge in [0.25, 0.3) is 0 Å². The first-order valence-electron chi connectivity index (χ1n) is 6.12. The molecule has 0 unspecified atom stereocenters. The van der Waals surface area contributed by atoms with Crippen molar-refractivity contribution in [3.05, 3.63) is 0 Å². The van der Waals surface area contributed by atoms with E-state index in [0.29, 0.717) is 17.5 Å². The lowest BCUT2D eigenvalue weighted by atomic mass is 9.85. The lowest BCUT2D eigenvalue weighted by Gasteiger charge is -2.32. The molecule has 1 amide bonds. The van der Waals surface area contributed by atoms with Gasteiger partial charge in [-0.1, -0.05) is 33.1 Å². The summed E-state index contributed by atoms with van der Waals surface area (Å²) in [6, 6.07) is 0. The Morgan fingerprint density at radius 1 is 1.38 bits per heavy atom. The van der Waals surface area contributed by atoms with Crippen molar-refractivity contribution < 1.29 is 9.90 Å². The highest BCUT2D eigenvalue weighted by Crippen LogP contribution is 2.27. The fourth-order valence-corrected chi connectivity index (χ4v) is 2.53. The summed E-state index contributed by atoms with van der Waals surface area (Å²) in [5.41, 5.74) is -0.642. The standard InChI is InChI=1S/C12H23NO2S/c1-10(2)16-8-11(14)13-9-12(15)6-4-3-5-7-12/h10,15H,3-9H2,1-2H3,(H,13,14). The fraction of sp³-hybridized carbons (Fsp3) is 0.917. The van der Waals surface area contributed by atoms with Gasteiger partial charge in [0.2, 0.25) is 5.91 Å². The summed E-state index contributed by atoms with van der Waals surface area (Å²) in [4.78, 5) is 11.5. The molecule has 1 rings (SSSR count). The van der Waals surface area contributed by atoms with Gasteiger partial charge in [0, 0.05) is 6.54 Å². The number of thioether (sulfide) groups is 1. The zero-order valence-corrected chi connectivity index (χ0v) is 11.1. The van der Waals surface area contributed by atoms with E-state index in [1.165, 1.54) is 6.42 Å². The molecule has 1 fully saturated rings. The van der Waals surface area contributed by atoms with Crippen molar-refractivity contribution in [3.63, 3.8) is 0 Å². The summed E-state index contributed by atoms with van der Waals surface area (Å²) < 4.78 is 0. The number of carbonyl (C=O) groups excluding carboxylic acids is 1. The van der Waals surface area contributed by atoms with Gasteiger partial charge < -0.3 is 10.4 Å². The maximum absolute atomic E-state index is 11.5. The molecule has 0 aromatic carbocycles. The number of carbonyl (C=O) groups is 1. The van der Waals surface area contributed by atoms with E-state index in [1.807, 2.05) is 0 Å². The predicted octanol–water partition coefficient (Wildman–Crippen LogP) is 1.94. The second kappa shape index (κ2) is 6.50. The molecule has 0 atom stereocenters. The van der Waals surface area contributed by atoms with Crippen LogP contribution >= 0.6 is 11.8 Å². The lowest BCUT2D eigenvalue weighted by Crippen LogP contribution is -2.44. The highest BCUT2D eigenvalue weighted by Gasteiger charge is 2.29. The van der Waals surface area contributed by atoms with Crippen molar-refractivity contribution in [1.29, 1.82) is 0 Å². The van der Waals surface area contributed by atoms with Gasteiger partial charge in [0.1, 0.15) is 0 Å². The summed E-state index contributed by atoms with van der Waals surface area (Å²) >= 11 is 1.63. The zero-order valence-electron chi connectivity index (χ0n) is 10.3. The minimum Gasteiger partial charge on any atom is -0.388 e. The molecule has 0 spiro atoms. The Morgan fingerprint density at radius 3 is 2.56 bits per heavy atom. The van der Waals surface area contributed by atoms with Gasteiger partial charge in [-0.25, -0.2) is 0 Å². The average Bonchev–Trinajstić information content (AvgIpc) is 2.25. The Kier molecular flexibility index (Phi) is 5.62. The first-order valence-corrected chi connectivity index (χ1v) is 7.17. The van der Waals surface area contributed by atoms with E-state index in [4.69, 9.17) is 0 Å². The maximum Gasteiger partial charge on any atom is 0.230 e.